The molecule has 2 heterocycles. The molecule has 2 rings (SSSR count). The lowest BCUT2D eigenvalue weighted by Crippen LogP contribution is -2.44. The first kappa shape index (κ1) is 7.64. The van der Waals surface area contributed by atoms with Crippen LogP contribution in [0.2, 0.25) is 0 Å². The van der Waals surface area contributed by atoms with Crippen LogP contribution in [0.3, 0.4) is 0 Å². The molecule has 0 spiro atoms. The molecule has 2 aliphatic heterocycles. The second-order valence-corrected chi connectivity index (χ2v) is 3.81. The highest BCUT2D eigenvalue weighted by molar-refractivity contribution is 8.03. The first-order chi connectivity index (χ1) is 5.31. The van der Waals surface area contributed by atoms with Gasteiger partial charge in [0.1, 0.15) is 17.5 Å². The van der Waals surface area contributed by atoms with Crippen molar-refractivity contribution in [1.29, 1.82) is 0 Å². The summed E-state index contributed by atoms with van der Waals surface area (Å²) in [6.07, 6.45) is 0.154. The van der Waals surface area contributed by atoms with E-state index in [1.54, 1.807) is 11.8 Å². The van der Waals surface area contributed by atoms with E-state index >= 15 is 0 Å². The predicted octanol–water partition coefficient (Wildman–Crippen LogP) is -1.45. The van der Waals surface area contributed by atoms with Crippen LogP contribution in [-0.2, 0) is 0 Å². The molecule has 0 saturated carbocycles. The lowest BCUT2D eigenvalue weighted by atomic mass is 10.5. The normalized spacial score (nSPS) is 35.1. The van der Waals surface area contributed by atoms with Gasteiger partial charge >= 0.3 is 0 Å². The van der Waals surface area contributed by atoms with E-state index in [2.05, 4.69) is 30.6 Å². The smallest absolute Gasteiger partial charge is 0.128 e. The second kappa shape index (κ2) is 2.80. The summed E-state index contributed by atoms with van der Waals surface area (Å²) < 4.78 is 0. The average Bonchev–Trinajstić information content (AvgIpc) is 2.45. The van der Waals surface area contributed by atoms with Crippen molar-refractivity contribution in [3.63, 3.8) is 0 Å². The zero-order valence-electron chi connectivity index (χ0n) is 5.72. The number of thioether (sulfide) groups is 1. The van der Waals surface area contributed by atoms with Gasteiger partial charge in [-0.25, -0.2) is 5.43 Å². The van der Waals surface area contributed by atoms with Crippen molar-refractivity contribution in [2.24, 2.45) is 5.73 Å². The van der Waals surface area contributed by atoms with Crippen molar-refractivity contribution < 1.29 is 0 Å². The Morgan fingerprint density at radius 2 is 2.45 bits per heavy atom. The minimum atomic E-state index is -0.0181. The molecule has 0 fully saturated rings. The fourth-order valence-corrected chi connectivity index (χ4v) is 2.39. The Kier molecular flexibility index (Phi) is 1.95. The Balaban J connectivity index is 2.12. The van der Waals surface area contributed by atoms with E-state index in [0.29, 0.717) is 0 Å². The molecule has 0 aromatic carbocycles. The van der Waals surface area contributed by atoms with Gasteiger partial charge in [0.15, 0.2) is 0 Å². The van der Waals surface area contributed by atoms with Crippen LogP contribution < -0.4 is 27.0 Å². The maximum atomic E-state index is 5.65. The highest BCUT2D eigenvalue weighted by Gasteiger charge is 2.31. The van der Waals surface area contributed by atoms with Crippen molar-refractivity contribution in [2.45, 2.75) is 11.7 Å². The first-order valence-corrected chi connectivity index (χ1v) is 4.67. The Bertz CT molecular complexity index is 207. The minimum absolute atomic E-state index is 0.0181. The summed E-state index contributed by atoms with van der Waals surface area (Å²) in [4.78, 5) is 1.19. The summed E-state index contributed by atoms with van der Waals surface area (Å²) in [6, 6.07) is 0. The van der Waals surface area contributed by atoms with Crippen molar-refractivity contribution in [1.82, 2.24) is 21.3 Å². The standard InChI is InChI=1S/C4H10N5PS/c5-4-6-2-1(11-4)3(9-10)8-7-2/h3-4,6-9H,5,10H2. The van der Waals surface area contributed by atoms with Crippen LogP contribution in [0, 0.1) is 0 Å². The molecular weight excluding hydrogens is 181 g/mol. The average molecular weight is 191 g/mol. The van der Waals surface area contributed by atoms with Gasteiger partial charge in [-0.15, -0.1) is 0 Å². The molecule has 7 heteroatoms. The number of rotatable bonds is 1. The van der Waals surface area contributed by atoms with Gasteiger partial charge in [0.25, 0.3) is 0 Å². The quantitative estimate of drug-likeness (QED) is 0.326. The molecule has 0 aromatic heterocycles. The predicted molar refractivity (Wildman–Crippen MR) is 48.6 cm³/mol. The topological polar surface area (TPSA) is 74.1 Å². The van der Waals surface area contributed by atoms with Crippen LogP contribution in [-0.4, -0.2) is 11.7 Å². The van der Waals surface area contributed by atoms with Crippen molar-refractivity contribution in [2.75, 3.05) is 0 Å². The van der Waals surface area contributed by atoms with E-state index < -0.39 is 0 Å². The summed E-state index contributed by atoms with van der Waals surface area (Å²) in [5.74, 6) is 0.988. The third kappa shape index (κ3) is 1.21. The van der Waals surface area contributed by atoms with Gasteiger partial charge in [-0.3, -0.25) is 5.09 Å². The molecule has 11 heavy (non-hydrogen) atoms. The van der Waals surface area contributed by atoms with E-state index in [0.717, 1.165) is 5.82 Å². The summed E-state index contributed by atoms with van der Waals surface area (Å²) in [6.45, 7) is 0. The van der Waals surface area contributed by atoms with E-state index in [4.69, 9.17) is 5.73 Å². The van der Waals surface area contributed by atoms with Crippen LogP contribution >= 0.6 is 21.2 Å². The molecule has 0 bridgehead atoms. The van der Waals surface area contributed by atoms with Crippen LogP contribution in [0.25, 0.3) is 0 Å². The van der Waals surface area contributed by atoms with Gasteiger partial charge in [-0.05, 0) is 0 Å². The number of nitrogens with two attached hydrogens (primary N) is 1. The van der Waals surface area contributed by atoms with Crippen molar-refractivity contribution >= 4 is 21.2 Å². The molecule has 0 saturated heterocycles. The van der Waals surface area contributed by atoms with Gasteiger partial charge < -0.3 is 16.5 Å². The number of nitrogens with one attached hydrogen (secondary N) is 4. The highest BCUT2D eigenvalue weighted by atomic mass is 32.2. The van der Waals surface area contributed by atoms with Crippen LogP contribution in [0.4, 0.5) is 0 Å². The van der Waals surface area contributed by atoms with Gasteiger partial charge in [-0.1, -0.05) is 21.2 Å². The van der Waals surface area contributed by atoms with E-state index in [9.17, 15) is 0 Å². The second-order valence-electron chi connectivity index (χ2n) is 2.29. The zero-order valence-corrected chi connectivity index (χ0v) is 7.69. The Labute approximate surface area is 71.2 Å². The van der Waals surface area contributed by atoms with Crippen LogP contribution in [0.5, 0.6) is 0 Å². The summed E-state index contributed by atoms with van der Waals surface area (Å²) >= 11 is 1.61. The van der Waals surface area contributed by atoms with Gasteiger partial charge in [0, 0.05) is 0 Å². The largest absolute Gasteiger partial charge is 0.346 e. The molecule has 0 radical (unpaired) electrons. The molecule has 3 atom stereocenters. The fraction of sp³-hybridized carbons (Fsp3) is 0.500. The van der Waals surface area contributed by atoms with Crippen LogP contribution in [0.1, 0.15) is 0 Å². The first-order valence-electron chi connectivity index (χ1n) is 3.22. The fourth-order valence-electron chi connectivity index (χ4n) is 1.08. The lowest BCUT2D eigenvalue weighted by molar-refractivity contribution is 0.540. The van der Waals surface area contributed by atoms with Crippen molar-refractivity contribution in [3.8, 4) is 0 Å². The van der Waals surface area contributed by atoms with E-state index in [-0.39, 0.29) is 11.7 Å². The zero-order chi connectivity index (χ0) is 7.84. The van der Waals surface area contributed by atoms with E-state index in [1.807, 2.05) is 0 Å². The maximum Gasteiger partial charge on any atom is 0.128 e. The molecule has 5 nitrogen and oxygen atoms in total. The molecule has 0 aromatic rings. The molecule has 0 amide bonds. The third-order valence-corrected chi connectivity index (χ3v) is 2.96. The highest BCUT2D eigenvalue weighted by Crippen LogP contribution is 2.30. The number of hydrazine groups is 1. The monoisotopic (exact) mass is 191 g/mol. The van der Waals surface area contributed by atoms with Gasteiger partial charge in [-0.2, -0.15) is 0 Å². The summed E-state index contributed by atoms with van der Waals surface area (Å²) in [5, 5.41) is 6.10. The van der Waals surface area contributed by atoms with Gasteiger partial charge in [0.05, 0.1) is 4.91 Å². The molecule has 62 valence electrons. The number of hydrogen-bond acceptors (Lipinski definition) is 6. The SMILES string of the molecule is NC1NC2=C(S1)C(NP)NN2. The molecule has 0 aliphatic carbocycles. The number of hydrogen-bond donors (Lipinski definition) is 5. The lowest BCUT2D eigenvalue weighted by Gasteiger charge is -2.14. The third-order valence-electron chi connectivity index (χ3n) is 1.56. The molecule has 6 N–H and O–H groups in total. The van der Waals surface area contributed by atoms with Crippen LogP contribution in [0.15, 0.2) is 10.7 Å². The molecular formula is C4H10N5PS. The molecule has 2 aliphatic rings. The minimum Gasteiger partial charge on any atom is -0.346 e. The Morgan fingerprint density at radius 1 is 1.64 bits per heavy atom. The van der Waals surface area contributed by atoms with Gasteiger partial charge in [0.2, 0.25) is 0 Å². The molecule has 3 unspecified atom stereocenters. The Morgan fingerprint density at radius 3 is 3.18 bits per heavy atom. The summed E-state index contributed by atoms with van der Waals surface area (Å²) in [5.41, 5.74) is 11.7. The summed E-state index contributed by atoms with van der Waals surface area (Å²) in [7, 11) is 2.46. The van der Waals surface area contributed by atoms with E-state index in [1.165, 1.54) is 4.91 Å². The van der Waals surface area contributed by atoms with Crippen molar-refractivity contribution in [3.05, 3.63) is 10.7 Å². The maximum absolute atomic E-state index is 5.65. The Hall–Kier alpha value is -0.0000000000000000555.